The quantitative estimate of drug-likeness (QED) is 0.507. The van der Waals surface area contributed by atoms with E-state index < -0.39 is 0 Å². The topological polar surface area (TPSA) is 54.7 Å². The second-order valence-electron chi connectivity index (χ2n) is 5.26. The second kappa shape index (κ2) is 7.28. The number of ether oxygens (including phenoxy) is 1. The van der Waals surface area contributed by atoms with Gasteiger partial charge in [0.05, 0.1) is 19.0 Å². The lowest BCUT2D eigenvalue weighted by Crippen LogP contribution is -2.49. The molecule has 0 amide bonds. The molecule has 0 spiro atoms. The number of hydrogen-bond acceptors (Lipinski definition) is 3. The highest BCUT2D eigenvalue weighted by Crippen LogP contribution is 2.27. The summed E-state index contributed by atoms with van der Waals surface area (Å²) < 4.78 is 7.28. The maximum absolute atomic E-state index is 5.07. The average molecular weight is 279 g/mol. The normalized spacial score (nSPS) is 23.9. The number of aromatic nitrogens is 2. The Hall–Kier alpha value is -1.56. The maximum atomic E-state index is 5.07. The maximum Gasteiger partial charge on any atom is 0.193 e. The highest BCUT2D eigenvalue weighted by atomic mass is 16.5. The van der Waals surface area contributed by atoms with Gasteiger partial charge in [0.25, 0.3) is 0 Å². The van der Waals surface area contributed by atoms with Crippen LogP contribution in [0.25, 0.3) is 0 Å². The molecule has 1 aliphatic rings. The molecule has 1 saturated heterocycles. The van der Waals surface area contributed by atoms with Gasteiger partial charge in [-0.05, 0) is 12.3 Å². The summed E-state index contributed by atoms with van der Waals surface area (Å²) in [5.41, 5.74) is 0. The van der Waals surface area contributed by atoms with Crippen LogP contribution in [0.5, 0.6) is 0 Å². The molecule has 2 atom stereocenters. The number of likely N-dealkylation sites (tertiary alicyclic amines) is 1. The predicted molar refractivity (Wildman–Crippen MR) is 79.9 cm³/mol. The Bertz CT molecular complexity index is 417. The number of piperidine rings is 1. The van der Waals surface area contributed by atoms with Crippen LogP contribution in [-0.2, 0) is 4.74 Å². The monoisotopic (exact) mass is 279 g/mol. The number of guanidine groups is 1. The molecule has 1 aliphatic heterocycles. The minimum absolute atomic E-state index is 0.451. The third kappa shape index (κ3) is 3.50. The Morgan fingerprint density at radius 2 is 2.40 bits per heavy atom. The van der Waals surface area contributed by atoms with Crippen molar-refractivity contribution >= 4 is 5.96 Å². The van der Waals surface area contributed by atoms with E-state index in [0.717, 1.165) is 32.0 Å². The standard InChI is InChI=1S/C14H25N5O/c1-12-4-7-18(14(15-2)17-6-9-20-3)10-13(12)19-8-5-16-11-19/h5,8,11-13H,4,6-7,9-10H2,1-3H3,(H,15,17). The first kappa shape index (κ1) is 14.8. The first-order chi connectivity index (χ1) is 9.76. The van der Waals surface area contributed by atoms with Crippen LogP contribution < -0.4 is 5.32 Å². The fraction of sp³-hybridized carbons (Fsp3) is 0.714. The van der Waals surface area contributed by atoms with E-state index in [1.807, 2.05) is 25.8 Å². The van der Waals surface area contributed by atoms with Crippen molar-refractivity contribution in [3.63, 3.8) is 0 Å². The molecule has 1 aromatic heterocycles. The fourth-order valence-electron chi connectivity index (χ4n) is 2.69. The van der Waals surface area contributed by atoms with Gasteiger partial charge in [0.1, 0.15) is 0 Å². The first-order valence-electron chi connectivity index (χ1n) is 7.18. The summed E-state index contributed by atoms with van der Waals surface area (Å²) in [5.74, 6) is 1.61. The molecular weight excluding hydrogens is 254 g/mol. The zero-order valence-corrected chi connectivity index (χ0v) is 12.6. The van der Waals surface area contributed by atoms with Crippen molar-refractivity contribution in [3.8, 4) is 0 Å². The minimum Gasteiger partial charge on any atom is -0.383 e. The largest absolute Gasteiger partial charge is 0.383 e. The van der Waals surface area contributed by atoms with Crippen molar-refractivity contribution in [2.75, 3.05) is 40.4 Å². The van der Waals surface area contributed by atoms with E-state index in [1.165, 1.54) is 0 Å². The van der Waals surface area contributed by atoms with Crippen molar-refractivity contribution in [2.24, 2.45) is 10.9 Å². The summed E-state index contributed by atoms with van der Waals surface area (Å²) in [6.07, 6.45) is 6.96. The highest BCUT2D eigenvalue weighted by molar-refractivity contribution is 5.80. The number of nitrogens with one attached hydrogen (secondary N) is 1. The molecule has 0 bridgehead atoms. The van der Waals surface area contributed by atoms with Gasteiger partial charge in [-0.3, -0.25) is 4.99 Å². The van der Waals surface area contributed by atoms with Crippen LogP contribution in [0.4, 0.5) is 0 Å². The van der Waals surface area contributed by atoms with Gasteiger partial charge in [-0.15, -0.1) is 0 Å². The Morgan fingerprint density at radius 3 is 3.05 bits per heavy atom. The molecule has 6 heteroatoms. The van der Waals surface area contributed by atoms with Gasteiger partial charge < -0.3 is 19.5 Å². The lowest BCUT2D eigenvalue weighted by Gasteiger charge is -2.39. The van der Waals surface area contributed by atoms with Crippen LogP contribution >= 0.6 is 0 Å². The van der Waals surface area contributed by atoms with E-state index in [9.17, 15) is 0 Å². The highest BCUT2D eigenvalue weighted by Gasteiger charge is 2.28. The molecule has 2 unspecified atom stereocenters. The number of aliphatic imine (C=N–C) groups is 1. The minimum atomic E-state index is 0.451. The van der Waals surface area contributed by atoms with Crippen LogP contribution in [0, 0.1) is 5.92 Å². The van der Waals surface area contributed by atoms with Crippen molar-refractivity contribution in [1.29, 1.82) is 0 Å². The molecule has 0 aromatic carbocycles. The van der Waals surface area contributed by atoms with Gasteiger partial charge in [-0.2, -0.15) is 0 Å². The summed E-state index contributed by atoms with van der Waals surface area (Å²) in [7, 11) is 3.54. The van der Waals surface area contributed by atoms with Gasteiger partial charge in [0.15, 0.2) is 5.96 Å². The lowest BCUT2D eigenvalue weighted by atomic mass is 9.93. The number of methoxy groups -OCH3 is 1. The first-order valence-corrected chi connectivity index (χ1v) is 7.18. The number of rotatable bonds is 4. The summed E-state index contributed by atoms with van der Waals surface area (Å²) in [4.78, 5) is 10.9. The average Bonchev–Trinajstić information content (AvgIpc) is 2.99. The molecule has 1 aromatic rings. The molecule has 2 heterocycles. The second-order valence-corrected chi connectivity index (χ2v) is 5.26. The van der Waals surface area contributed by atoms with Gasteiger partial charge >= 0.3 is 0 Å². The summed E-state index contributed by atoms with van der Waals surface area (Å²) >= 11 is 0. The van der Waals surface area contributed by atoms with Crippen LogP contribution in [0.15, 0.2) is 23.7 Å². The van der Waals surface area contributed by atoms with E-state index in [4.69, 9.17) is 4.74 Å². The van der Waals surface area contributed by atoms with E-state index >= 15 is 0 Å². The van der Waals surface area contributed by atoms with E-state index in [0.29, 0.717) is 18.6 Å². The number of imidazole rings is 1. The molecule has 0 radical (unpaired) electrons. The third-order valence-electron chi connectivity index (χ3n) is 3.93. The molecule has 2 rings (SSSR count). The van der Waals surface area contributed by atoms with Crippen molar-refractivity contribution < 1.29 is 4.74 Å². The molecule has 1 fully saturated rings. The zero-order valence-electron chi connectivity index (χ0n) is 12.6. The van der Waals surface area contributed by atoms with Crippen LogP contribution in [0.3, 0.4) is 0 Å². The Labute approximate surface area is 120 Å². The Balaban J connectivity index is 1.98. The number of hydrogen-bond donors (Lipinski definition) is 1. The van der Waals surface area contributed by atoms with Gasteiger partial charge in [0, 0.05) is 46.2 Å². The Kier molecular flexibility index (Phi) is 5.40. The number of nitrogens with zero attached hydrogens (tertiary/aromatic N) is 4. The SMILES string of the molecule is CN=C(NCCOC)N1CCC(C)C(n2ccnc2)C1. The zero-order chi connectivity index (χ0) is 14.4. The van der Waals surface area contributed by atoms with E-state index in [1.54, 1.807) is 7.11 Å². The summed E-state index contributed by atoms with van der Waals surface area (Å²) in [6, 6.07) is 0.451. The lowest BCUT2D eigenvalue weighted by molar-refractivity contribution is 0.183. The molecule has 0 saturated carbocycles. The smallest absolute Gasteiger partial charge is 0.193 e. The van der Waals surface area contributed by atoms with Crippen LogP contribution in [0.2, 0.25) is 0 Å². The van der Waals surface area contributed by atoms with E-state index in [2.05, 4.69) is 31.7 Å². The third-order valence-corrected chi connectivity index (χ3v) is 3.93. The molecule has 1 N–H and O–H groups in total. The molecule has 6 nitrogen and oxygen atoms in total. The fourth-order valence-corrected chi connectivity index (χ4v) is 2.69. The van der Waals surface area contributed by atoms with Gasteiger partial charge in [-0.25, -0.2) is 4.98 Å². The van der Waals surface area contributed by atoms with Crippen molar-refractivity contribution in [1.82, 2.24) is 19.8 Å². The van der Waals surface area contributed by atoms with Crippen LogP contribution in [0.1, 0.15) is 19.4 Å². The van der Waals surface area contributed by atoms with Crippen LogP contribution in [-0.4, -0.2) is 60.8 Å². The Morgan fingerprint density at radius 1 is 1.55 bits per heavy atom. The molecule has 20 heavy (non-hydrogen) atoms. The van der Waals surface area contributed by atoms with Gasteiger partial charge in [0.2, 0.25) is 0 Å². The summed E-state index contributed by atoms with van der Waals surface area (Å²) in [6.45, 7) is 5.78. The van der Waals surface area contributed by atoms with Crippen molar-refractivity contribution in [3.05, 3.63) is 18.7 Å². The molecule has 112 valence electrons. The van der Waals surface area contributed by atoms with Gasteiger partial charge in [-0.1, -0.05) is 6.92 Å². The van der Waals surface area contributed by atoms with Crippen molar-refractivity contribution in [2.45, 2.75) is 19.4 Å². The van der Waals surface area contributed by atoms with E-state index in [-0.39, 0.29) is 0 Å². The molecular formula is C14H25N5O. The predicted octanol–water partition coefficient (Wildman–Crippen LogP) is 0.988. The summed E-state index contributed by atoms with van der Waals surface area (Å²) in [5, 5.41) is 3.35. The molecule has 0 aliphatic carbocycles.